The molecule has 6 heteroatoms. The second kappa shape index (κ2) is 4.87. The maximum absolute atomic E-state index is 13.4. The van der Waals surface area contributed by atoms with Gasteiger partial charge >= 0.3 is 12.0 Å². The van der Waals surface area contributed by atoms with Crippen LogP contribution in [0.4, 0.5) is 4.39 Å². The largest absolute Gasteiger partial charge is 0.477 e. The molecule has 0 atom stereocenters. The third-order valence-corrected chi connectivity index (χ3v) is 2.41. The molecule has 94 valence electrons. The summed E-state index contributed by atoms with van der Waals surface area (Å²) in [6.45, 7) is 2.51. The molecule has 0 bridgehead atoms. The summed E-state index contributed by atoms with van der Waals surface area (Å²) in [6.07, 6.45) is 3.22. The average Bonchev–Trinajstić information content (AvgIpc) is 2.76. The second-order valence-corrected chi connectivity index (χ2v) is 3.52. The van der Waals surface area contributed by atoms with Gasteiger partial charge in [0, 0.05) is 18.9 Å². The lowest BCUT2D eigenvalue weighted by Crippen LogP contribution is -2.05. The fourth-order valence-corrected chi connectivity index (χ4v) is 1.54. The molecule has 5 nitrogen and oxygen atoms in total. The first-order chi connectivity index (χ1) is 8.63. The lowest BCUT2D eigenvalue weighted by atomic mass is 10.2. The van der Waals surface area contributed by atoms with Gasteiger partial charge in [-0.3, -0.25) is 0 Å². The average molecular weight is 250 g/mol. The number of halogens is 1. The predicted octanol–water partition coefficient (Wildman–Crippen LogP) is 2.53. The van der Waals surface area contributed by atoms with Gasteiger partial charge in [0.05, 0.1) is 0 Å². The number of hydrogen-bond acceptors (Lipinski definition) is 3. The SMILES string of the molecule is CCn1ccnc1Oc1cccc(F)c1C(=O)O. The highest BCUT2D eigenvalue weighted by molar-refractivity contribution is 5.91. The lowest BCUT2D eigenvalue weighted by Gasteiger charge is -2.09. The zero-order valence-electron chi connectivity index (χ0n) is 9.63. The van der Waals surface area contributed by atoms with Crippen molar-refractivity contribution < 1.29 is 19.0 Å². The van der Waals surface area contributed by atoms with Crippen LogP contribution >= 0.6 is 0 Å². The lowest BCUT2D eigenvalue weighted by molar-refractivity contribution is 0.0688. The van der Waals surface area contributed by atoms with Crippen LogP contribution in [0.15, 0.2) is 30.6 Å². The summed E-state index contributed by atoms with van der Waals surface area (Å²) in [7, 11) is 0. The smallest absolute Gasteiger partial charge is 0.342 e. The van der Waals surface area contributed by atoms with Crippen molar-refractivity contribution in [2.45, 2.75) is 13.5 Å². The van der Waals surface area contributed by atoms with E-state index in [0.717, 1.165) is 6.07 Å². The van der Waals surface area contributed by atoms with Crippen LogP contribution in [0.2, 0.25) is 0 Å². The third kappa shape index (κ3) is 2.17. The first-order valence-electron chi connectivity index (χ1n) is 5.34. The fraction of sp³-hybridized carbons (Fsp3) is 0.167. The van der Waals surface area contributed by atoms with Gasteiger partial charge in [0.25, 0.3) is 0 Å². The first kappa shape index (κ1) is 12.1. The van der Waals surface area contributed by atoms with E-state index < -0.39 is 17.3 Å². The van der Waals surface area contributed by atoms with Crippen molar-refractivity contribution in [2.75, 3.05) is 0 Å². The van der Waals surface area contributed by atoms with Crippen molar-refractivity contribution in [3.63, 3.8) is 0 Å². The zero-order valence-corrected chi connectivity index (χ0v) is 9.63. The van der Waals surface area contributed by atoms with Gasteiger partial charge in [-0.15, -0.1) is 0 Å². The van der Waals surface area contributed by atoms with Gasteiger partial charge in [-0.1, -0.05) is 6.07 Å². The third-order valence-electron chi connectivity index (χ3n) is 2.41. The van der Waals surface area contributed by atoms with Gasteiger partial charge in [0.1, 0.15) is 17.1 Å². The standard InChI is InChI=1S/C12H11FN2O3/c1-2-15-7-6-14-12(15)18-9-5-3-4-8(13)10(9)11(16)17/h3-7H,2H2,1H3,(H,16,17). The minimum Gasteiger partial charge on any atom is -0.477 e. The quantitative estimate of drug-likeness (QED) is 0.905. The molecule has 1 aromatic heterocycles. The van der Waals surface area contributed by atoms with Crippen molar-refractivity contribution in [3.05, 3.63) is 42.0 Å². The van der Waals surface area contributed by atoms with Gasteiger partial charge in [0.2, 0.25) is 0 Å². The Morgan fingerprint density at radius 3 is 3.00 bits per heavy atom. The summed E-state index contributed by atoms with van der Waals surface area (Å²) >= 11 is 0. The molecule has 0 spiro atoms. The van der Waals surface area contributed by atoms with E-state index in [1.54, 1.807) is 10.8 Å². The highest BCUT2D eigenvalue weighted by atomic mass is 19.1. The van der Waals surface area contributed by atoms with Crippen LogP contribution in [0.3, 0.4) is 0 Å². The minimum atomic E-state index is -1.38. The normalized spacial score (nSPS) is 10.3. The summed E-state index contributed by atoms with van der Waals surface area (Å²) in [4.78, 5) is 14.9. The molecule has 1 N–H and O–H groups in total. The molecule has 0 amide bonds. The molecule has 2 rings (SSSR count). The van der Waals surface area contributed by atoms with E-state index in [2.05, 4.69) is 4.98 Å². The highest BCUT2D eigenvalue weighted by Gasteiger charge is 2.18. The summed E-state index contributed by atoms with van der Waals surface area (Å²) in [5.74, 6) is -2.28. The molecule has 1 aromatic carbocycles. The Kier molecular flexibility index (Phi) is 3.27. The Hall–Kier alpha value is -2.37. The summed E-state index contributed by atoms with van der Waals surface area (Å²) < 4.78 is 20.4. The number of benzene rings is 1. The van der Waals surface area contributed by atoms with Crippen LogP contribution in [0.5, 0.6) is 11.8 Å². The van der Waals surface area contributed by atoms with Gasteiger partial charge < -0.3 is 14.4 Å². The Labute approximate surface area is 102 Å². The maximum Gasteiger partial charge on any atom is 0.342 e. The molecule has 0 saturated heterocycles. The van der Waals surface area contributed by atoms with E-state index in [9.17, 15) is 9.18 Å². The predicted molar refractivity (Wildman–Crippen MR) is 61.3 cm³/mol. The van der Waals surface area contributed by atoms with E-state index in [0.29, 0.717) is 6.54 Å². The molecule has 0 unspecified atom stereocenters. The van der Waals surface area contributed by atoms with E-state index in [1.165, 1.54) is 18.3 Å². The van der Waals surface area contributed by atoms with Crippen molar-refractivity contribution in [1.29, 1.82) is 0 Å². The molecule has 0 aliphatic rings. The number of ether oxygens (including phenoxy) is 1. The minimum absolute atomic E-state index is 0.0663. The van der Waals surface area contributed by atoms with Gasteiger partial charge in [-0.2, -0.15) is 0 Å². The molecule has 0 aliphatic heterocycles. The van der Waals surface area contributed by atoms with Crippen molar-refractivity contribution in [3.8, 4) is 11.8 Å². The number of aryl methyl sites for hydroxylation is 1. The molecule has 0 radical (unpaired) electrons. The molecule has 0 fully saturated rings. The number of aromatic nitrogens is 2. The topological polar surface area (TPSA) is 64.4 Å². The molecule has 2 aromatic rings. The second-order valence-electron chi connectivity index (χ2n) is 3.52. The van der Waals surface area contributed by atoms with Crippen LogP contribution in [0, 0.1) is 5.82 Å². The van der Waals surface area contributed by atoms with Crippen molar-refractivity contribution in [2.24, 2.45) is 0 Å². The van der Waals surface area contributed by atoms with E-state index in [4.69, 9.17) is 9.84 Å². The maximum atomic E-state index is 13.4. The van der Waals surface area contributed by atoms with Gasteiger partial charge in [0.15, 0.2) is 0 Å². The van der Waals surface area contributed by atoms with Crippen molar-refractivity contribution >= 4 is 5.97 Å². The summed E-state index contributed by atoms with van der Waals surface area (Å²) in [6, 6.07) is 4.07. The van der Waals surface area contributed by atoms with Crippen LogP contribution in [0.25, 0.3) is 0 Å². The number of hydrogen-bond donors (Lipinski definition) is 1. The fourth-order valence-electron chi connectivity index (χ4n) is 1.54. The van der Waals surface area contributed by atoms with Crippen LogP contribution in [-0.2, 0) is 6.54 Å². The number of carbonyl (C=O) groups is 1. The number of imidazole rings is 1. The molecule has 0 saturated carbocycles. The first-order valence-corrected chi connectivity index (χ1v) is 5.34. The van der Waals surface area contributed by atoms with Crippen LogP contribution < -0.4 is 4.74 Å². The number of carboxylic acids is 1. The molecular formula is C12H11FN2O3. The number of rotatable bonds is 4. The van der Waals surface area contributed by atoms with Crippen molar-refractivity contribution in [1.82, 2.24) is 9.55 Å². The molecule has 1 heterocycles. The highest BCUT2D eigenvalue weighted by Crippen LogP contribution is 2.26. The Balaban J connectivity index is 2.41. The Bertz CT molecular complexity index is 580. The molecule has 0 aliphatic carbocycles. The van der Waals surface area contributed by atoms with Crippen LogP contribution in [-0.4, -0.2) is 20.6 Å². The molecular weight excluding hydrogens is 239 g/mol. The van der Waals surface area contributed by atoms with Gasteiger partial charge in [-0.25, -0.2) is 14.2 Å². The zero-order chi connectivity index (χ0) is 13.1. The number of carboxylic acid groups (broad SMARTS) is 1. The molecule has 18 heavy (non-hydrogen) atoms. The Morgan fingerprint density at radius 2 is 2.33 bits per heavy atom. The van der Waals surface area contributed by atoms with E-state index >= 15 is 0 Å². The number of nitrogens with zero attached hydrogens (tertiary/aromatic N) is 2. The van der Waals surface area contributed by atoms with Crippen LogP contribution in [0.1, 0.15) is 17.3 Å². The van der Waals surface area contributed by atoms with E-state index in [1.807, 2.05) is 6.92 Å². The monoisotopic (exact) mass is 250 g/mol. The number of aromatic carboxylic acids is 1. The van der Waals surface area contributed by atoms with Gasteiger partial charge in [-0.05, 0) is 19.1 Å². The van der Waals surface area contributed by atoms with E-state index in [-0.39, 0.29) is 11.8 Å². The Morgan fingerprint density at radius 1 is 1.56 bits per heavy atom. The summed E-state index contributed by atoms with van der Waals surface area (Å²) in [5.41, 5.74) is -0.497. The summed E-state index contributed by atoms with van der Waals surface area (Å²) in [5, 5.41) is 8.95.